The van der Waals surface area contributed by atoms with E-state index in [-0.39, 0.29) is 0 Å². The van der Waals surface area contributed by atoms with Crippen LogP contribution in [-0.2, 0) is 0 Å². The van der Waals surface area contributed by atoms with Crippen LogP contribution in [0.4, 0.5) is 0 Å². The molecule has 3 nitrogen and oxygen atoms in total. The van der Waals surface area contributed by atoms with Gasteiger partial charge in [-0.05, 0) is 31.4 Å². The van der Waals surface area contributed by atoms with E-state index in [4.69, 9.17) is 0 Å². The van der Waals surface area contributed by atoms with Crippen molar-refractivity contribution in [3.05, 3.63) is 29.7 Å². The second kappa shape index (κ2) is 2.80. The predicted molar refractivity (Wildman–Crippen MR) is 54.3 cm³/mol. The zero-order valence-corrected chi connectivity index (χ0v) is 8.27. The Kier molecular flexibility index (Phi) is 1.60. The maximum Gasteiger partial charge on any atom is 0.160 e. The molecule has 0 bridgehead atoms. The van der Waals surface area contributed by atoms with Gasteiger partial charge in [0.05, 0.1) is 0 Å². The number of fused-ring (bicyclic) bond motifs is 1. The van der Waals surface area contributed by atoms with Crippen LogP contribution in [0.5, 0.6) is 0 Å². The maximum absolute atomic E-state index is 4.27. The highest BCUT2D eigenvalue weighted by Crippen LogP contribution is 2.35. The van der Waals surface area contributed by atoms with Crippen molar-refractivity contribution in [1.82, 2.24) is 14.6 Å². The van der Waals surface area contributed by atoms with Crippen LogP contribution in [0.2, 0.25) is 0 Å². The summed E-state index contributed by atoms with van der Waals surface area (Å²) in [5.41, 5.74) is 2.23. The predicted octanol–water partition coefficient (Wildman–Crippen LogP) is 2.31. The molecule has 2 aromatic rings. The van der Waals surface area contributed by atoms with Gasteiger partial charge >= 0.3 is 0 Å². The molecule has 14 heavy (non-hydrogen) atoms. The Morgan fingerprint density at radius 1 is 1.29 bits per heavy atom. The quantitative estimate of drug-likeness (QED) is 0.685. The molecule has 72 valence electrons. The zero-order valence-electron chi connectivity index (χ0n) is 8.27. The number of pyridine rings is 1. The van der Waals surface area contributed by atoms with Crippen molar-refractivity contribution in [2.45, 2.75) is 32.1 Å². The lowest BCUT2D eigenvalue weighted by Crippen LogP contribution is -2.12. The van der Waals surface area contributed by atoms with Gasteiger partial charge in [-0.25, -0.2) is 0 Å². The van der Waals surface area contributed by atoms with E-state index in [1.807, 2.05) is 6.07 Å². The summed E-state index contributed by atoms with van der Waals surface area (Å²) in [7, 11) is 0. The van der Waals surface area contributed by atoms with E-state index < -0.39 is 0 Å². The lowest BCUT2D eigenvalue weighted by Gasteiger charge is -2.23. The average molecular weight is 187 g/mol. The normalized spacial score (nSPS) is 17.2. The highest BCUT2D eigenvalue weighted by atomic mass is 15.2. The Morgan fingerprint density at radius 3 is 2.86 bits per heavy atom. The molecule has 0 saturated heterocycles. The Hall–Kier alpha value is -1.38. The molecule has 0 aromatic carbocycles. The summed E-state index contributed by atoms with van der Waals surface area (Å²) in [6.07, 6.45) is 6.01. The van der Waals surface area contributed by atoms with Crippen LogP contribution in [0.1, 0.15) is 36.6 Å². The van der Waals surface area contributed by atoms with Gasteiger partial charge in [0.15, 0.2) is 5.65 Å². The van der Waals surface area contributed by atoms with E-state index in [1.54, 1.807) is 0 Å². The monoisotopic (exact) mass is 187 g/mol. The van der Waals surface area contributed by atoms with E-state index in [0.717, 1.165) is 11.5 Å². The fourth-order valence-corrected chi connectivity index (χ4v) is 1.96. The van der Waals surface area contributed by atoms with E-state index in [9.17, 15) is 0 Å². The van der Waals surface area contributed by atoms with Gasteiger partial charge in [0, 0.05) is 12.1 Å². The minimum atomic E-state index is 0.645. The molecule has 3 rings (SSSR count). The summed E-state index contributed by atoms with van der Waals surface area (Å²) >= 11 is 0. The molecule has 0 amide bonds. The molecular formula is C11H13N3. The maximum atomic E-state index is 4.27. The standard InChI is InChI=1S/C11H13N3/c1-8-5-6-10-12-13-11(14(10)7-8)9-3-2-4-9/h5-7,9H,2-4H2,1H3. The molecule has 0 spiro atoms. The molecule has 1 saturated carbocycles. The Balaban J connectivity index is 2.18. The van der Waals surface area contributed by atoms with E-state index in [1.165, 1.54) is 24.8 Å². The van der Waals surface area contributed by atoms with E-state index in [0.29, 0.717) is 5.92 Å². The molecule has 1 aliphatic carbocycles. The van der Waals surface area contributed by atoms with Gasteiger partial charge in [0.25, 0.3) is 0 Å². The Bertz CT molecular complexity index is 468. The van der Waals surface area contributed by atoms with Gasteiger partial charge in [-0.1, -0.05) is 12.5 Å². The summed E-state index contributed by atoms with van der Waals surface area (Å²) in [4.78, 5) is 0. The van der Waals surface area contributed by atoms with Gasteiger partial charge in [-0.2, -0.15) is 0 Å². The lowest BCUT2D eigenvalue weighted by atomic mass is 9.85. The molecule has 0 radical (unpaired) electrons. The molecule has 0 N–H and O–H groups in total. The van der Waals surface area contributed by atoms with Crippen LogP contribution in [0, 0.1) is 6.92 Å². The number of aromatic nitrogens is 3. The zero-order chi connectivity index (χ0) is 9.54. The smallest absolute Gasteiger partial charge is 0.160 e. The van der Waals surface area contributed by atoms with Crippen molar-refractivity contribution in [1.29, 1.82) is 0 Å². The second-order valence-corrected chi connectivity index (χ2v) is 4.12. The van der Waals surface area contributed by atoms with Crippen molar-refractivity contribution in [3.63, 3.8) is 0 Å². The summed E-state index contributed by atoms with van der Waals surface area (Å²) < 4.78 is 2.14. The summed E-state index contributed by atoms with van der Waals surface area (Å²) in [6.45, 7) is 2.10. The first-order valence-electron chi connectivity index (χ1n) is 5.16. The van der Waals surface area contributed by atoms with E-state index in [2.05, 4.69) is 33.8 Å². The van der Waals surface area contributed by atoms with Gasteiger partial charge in [-0.3, -0.25) is 4.40 Å². The number of hydrogen-bond donors (Lipinski definition) is 0. The topological polar surface area (TPSA) is 30.2 Å². The number of rotatable bonds is 1. The molecular weight excluding hydrogens is 174 g/mol. The first-order chi connectivity index (χ1) is 6.84. The van der Waals surface area contributed by atoms with Gasteiger partial charge < -0.3 is 0 Å². The van der Waals surface area contributed by atoms with Crippen LogP contribution >= 0.6 is 0 Å². The van der Waals surface area contributed by atoms with Crippen LogP contribution in [0.15, 0.2) is 18.3 Å². The molecule has 2 heterocycles. The molecule has 0 aliphatic heterocycles. The first kappa shape index (κ1) is 7.97. The molecule has 1 aliphatic rings. The van der Waals surface area contributed by atoms with Gasteiger partial charge in [0.2, 0.25) is 0 Å². The Labute approximate surface area is 82.8 Å². The average Bonchev–Trinajstić information content (AvgIpc) is 2.46. The minimum absolute atomic E-state index is 0.645. The van der Waals surface area contributed by atoms with Crippen molar-refractivity contribution in [3.8, 4) is 0 Å². The first-order valence-corrected chi connectivity index (χ1v) is 5.16. The third kappa shape index (κ3) is 1.05. The van der Waals surface area contributed by atoms with Crippen LogP contribution < -0.4 is 0 Å². The third-order valence-electron chi connectivity index (χ3n) is 3.05. The van der Waals surface area contributed by atoms with Crippen molar-refractivity contribution in [2.75, 3.05) is 0 Å². The fourth-order valence-electron chi connectivity index (χ4n) is 1.96. The largest absolute Gasteiger partial charge is 0.286 e. The second-order valence-electron chi connectivity index (χ2n) is 4.12. The molecule has 0 unspecified atom stereocenters. The Morgan fingerprint density at radius 2 is 2.14 bits per heavy atom. The number of aryl methyl sites for hydroxylation is 1. The summed E-state index contributed by atoms with van der Waals surface area (Å²) in [5, 5.41) is 8.45. The van der Waals surface area contributed by atoms with Crippen LogP contribution in [-0.4, -0.2) is 14.6 Å². The highest BCUT2D eigenvalue weighted by Gasteiger charge is 2.24. The SMILES string of the molecule is Cc1ccc2nnc(C3CCC3)n2c1. The van der Waals surface area contributed by atoms with E-state index >= 15 is 0 Å². The van der Waals surface area contributed by atoms with Crippen molar-refractivity contribution < 1.29 is 0 Å². The van der Waals surface area contributed by atoms with Crippen molar-refractivity contribution in [2.24, 2.45) is 0 Å². The highest BCUT2D eigenvalue weighted by molar-refractivity contribution is 5.39. The molecule has 3 heteroatoms. The van der Waals surface area contributed by atoms with Crippen LogP contribution in [0.25, 0.3) is 5.65 Å². The van der Waals surface area contributed by atoms with Crippen LogP contribution in [0.3, 0.4) is 0 Å². The molecule has 1 fully saturated rings. The van der Waals surface area contributed by atoms with Gasteiger partial charge in [-0.15, -0.1) is 10.2 Å². The van der Waals surface area contributed by atoms with Crippen molar-refractivity contribution >= 4 is 5.65 Å². The molecule has 2 aromatic heterocycles. The minimum Gasteiger partial charge on any atom is -0.286 e. The number of hydrogen-bond acceptors (Lipinski definition) is 2. The molecule has 0 atom stereocenters. The summed E-state index contributed by atoms with van der Waals surface area (Å²) in [5.74, 6) is 1.79. The lowest BCUT2D eigenvalue weighted by molar-refractivity contribution is 0.399. The fraction of sp³-hybridized carbons (Fsp3) is 0.455. The third-order valence-corrected chi connectivity index (χ3v) is 3.05. The number of nitrogens with zero attached hydrogens (tertiary/aromatic N) is 3. The summed E-state index contributed by atoms with van der Waals surface area (Å²) in [6, 6.07) is 4.11. The van der Waals surface area contributed by atoms with Gasteiger partial charge in [0.1, 0.15) is 5.82 Å².